The SMILES string of the molecule is OBOc1cc2ccccc2c2c1oc1cc(-c3cc4ccc5cccc6ccc(c3)c4c56)ccc12. The second-order valence-corrected chi connectivity index (χ2v) is 9.39. The summed E-state index contributed by atoms with van der Waals surface area (Å²) in [7, 11) is -0.403. The highest BCUT2D eigenvalue weighted by atomic mass is 16.5. The summed E-state index contributed by atoms with van der Waals surface area (Å²) in [6.45, 7) is 0. The summed E-state index contributed by atoms with van der Waals surface area (Å²) in [5, 5.41) is 21.3. The Kier molecular flexibility index (Phi) is 3.97. The number of fused-ring (bicyclic) bond motifs is 5. The minimum atomic E-state index is -0.403. The van der Waals surface area contributed by atoms with E-state index in [4.69, 9.17) is 9.07 Å². The van der Waals surface area contributed by atoms with Crippen LogP contribution in [0.1, 0.15) is 0 Å². The predicted octanol–water partition coefficient (Wildman–Crippen LogP) is 7.94. The average molecular weight is 462 g/mol. The van der Waals surface area contributed by atoms with Crippen molar-refractivity contribution in [1.29, 1.82) is 0 Å². The van der Waals surface area contributed by atoms with Gasteiger partial charge in [-0.05, 0) is 84.5 Å². The third kappa shape index (κ3) is 2.68. The largest absolute Gasteiger partial charge is 0.536 e. The predicted molar refractivity (Wildman–Crippen MR) is 150 cm³/mol. The molecule has 1 heterocycles. The lowest BCUT2D eigenvalue weighted by Crippen LogP contribution is -1.99. The van der Waals surface area contributed by atoms with E-state index in [1.165, 1.54) is 32.3 Å². The lowest BCUT2D eigenvalue weighted by molar-refractivity contribution is 0.451. The zero-order chi connectivity index (χ0) is 23.8. The number of furan rings is 1. The second kappa shape index (κ2) is 7.23. The Labute approximate surface area is 206 Å². The topological polar surface area (TPSA) is 42.6 Å². The van der Waals surface area contributed by atoms with E-state index in [9.17, 15) is 5.02 Å². The number of rotatable bonds is 3. The molecule has 0 fully saturated rings. The molecule has 0 saturated heterocycles. The van der Waals surface area contributed by atoms with Crippen molar-refractivity contribution in [2.75, 3.05) is 0 Å². The molecule has 0 bridgehead atoms. The molecule has 168 valence electrons. The van der Waals surface area contributed by atoms with E-state index in [0.29, 0.717) is 11.3 Å². The van der Waals surface area contributed by atoms with Gasteiger partial charge in [-0.3, -0.25) is 0 Å². The molecule has 7 aromatic carbocycles. The van der Waals surface area contributed by atoms with Gasteiger partial charge in [-0.2, -0.15) is 0 Å². The van der Waals surface area contributed by atoms with Crippen LogP contribution in [0.3, 0.4) is 0 Å². The van der Waals surface area contributed by atoms with E-state index in [-0.39, 0.29) is 0 Å². The zero-order valence-corrected chi connectivity index (χ0v) is 19.3. The average Bonchev–Trinajstić information content (AvgIpc) is 3.31. The van der Waals surface area contributed by atoms with Gasteiger partial charge in [0.2, 0.25) is 0 Å². The van der Waals surface area contributed by atoms with Gasteiger partial charge in [0.05, 0.1) is 0 Å². The smallest absolute Gasteiger partial charge is 0.504 e. The van der Waals surface area contributed by atoms with Gasteiger partial charge in [-0.15, -0.1) is 0 Å². The lowest BCUT2D eigenvalue weighted by Gasteiger charge is -2.12. The molecule has 0 aliphatic carbocycles. The third-order valence-electron chi connectivity index (χ3n) is 7.45. The van der Waals surface area contributed by atoms with Crippen molar-refractivity contribution in [2.24, 2.45) is 0 Å². The normalized spacial score (nSPS) is 12.0. The summed E-state index contributed by atoms with van der Waals surface area (Å²) in [6.07, 6.45) is 0. The van der Waals surface area contributed by atoms with Crippen LogP contribution in [-0.4, -0.2) is 12.7 Å². The van der Waals surface area contributed by atoms with Crippen molar-refractivity contribution in [2.45, 2.75) is 0 Å². The monoisotopic (exact) mass is 462 g/mol. The summed E-state index contributed by atoms with van der Waals surface area (Å²) in [6, 6.07) is 36.4. The van der Waals surface area contributed by atoms with Crippen LogP contribution in [-0.2, 0) is 0 Å². The molecule has 0 saturated carbocycles. The molecule has 8 aromatic rings. The first-order valence-electron chi connectivity index (χ1n) is 12.1. The standard InChI is InChI=1S/C32H19BO3/c34-33-36-28-17-21-4-1-2-7-25(21)31-26-13-12-20(16-27(26)35-32(28)31)24-14-22-10-8-18-5-3-6-19-9-11-23(15-24)30(22)29(18)19/h1-17,33-34H. The molecule has 1 aromatic heterocycles. The van der Waals surface area contributed by atoms with Gasteiger partial charge in [0, 0.05) is 10.8 Å². The van der Waals surface area contributed by atoms with E-state index >= 15 is 0 Å². The molecular formula is C32H19BO3. The molecule has 3 nitrogen and oxygen atoms in total. The van der Waals surface area contributed by atoms with E-state index in [2.05, 4.69) is 84.9 Å². The fourth-order valence-electron chi connectivity index (χ4n) is 5.87. The Balaban J connectivity index is 1.38. The Morgan fingerprint density at radius 3 is 2.03 bits per heavy atom. The van der Waals surface area contributed by atoms with Crippen molar-refractivity contribution >= 4 is 72.7 Å². The van der Waals surface area contributed by atoms with E-state index in [1.807, 2.05) is 18.2 Å². The second-order valence-electron chi connectivity index (χ2n) is 9.39. The molecule has 36 heavy (non-hydrogen) atoms. The Bertz CT molecular complexity index is 2060. The van der Waals surface area contributed by atoms with E-state index in [1.54, 1.807) is 0 Å². The van der Waals surface area contributed by atoms with Gasteiger partial charge >= 0.3 is 7.69 Å². The van der Waals surface area contributed by atoms with E-state index < -0.39 is 7.69 Å². The molecule has 0 radical (unpaired) electrons. The summed E-state index contributed by atoms with van der Waals surface area (Å²) in [4.78, 5) is 0. The summed E-state index contributed by atoms with van der Waals surface area (Å²) >= 11 is 0. The van der Waals surface area contributed by atoms with Crippen LogP contribution in [0.2, 0.25) is 0 Å². The van der Waals surface area contributed by atoms with Crippen LogP contribution < -0.4 is 4.65 Å². The number of hydrogen-bond acceptors (Lipinski definition) is 3. The Morgan fingerprint density at radius 2 is 1.25 bits per heavy atom. The maximum atomic E-state index is 9.46. The quantitative estimate of drug-likeness (QED) is 0.214. The zero-order valence-electron chi connectivity index (χ0n) is 19.3. The molecule has 0 unspecified atom stereocenters. The van der Waals surface area contributed by atoms with Crippen LogP contribution in [0.4, 0.5) is 0 Å². The third-order valence-corrected chi connectivity index (χ3v) is 7.45. The van der Waals surface area contributed by atoms with Crippen molar-refractivity contribution in [3.8, 4) is 16.9 Å². The van der Waals surface area contributed by atoms with E-state index in [0.717, 1.165) is 38.3 Å². The van der Waals surface area contributed by atoms with Crippen LogP contribution in [0, 0.1) is 0 Å². The minimum Gasteiger partial charge on any atom is -0.536 e. The molecule has 4 heteroatoms. The van der Waals surface area contributed by atoms with Crippen molar-refractivity contribution in [3.63, 3.8) is 0 Å². The molecule has 1 N–H and O–H groups in total. The summed E-state index contributed by atoms with van der Waals surface area (Å²) < 4.78 is 11.9. The van der Waals surface area contributed by atoms with Gasteiger partial charge in [-0.25, -0.2) is 0 Å². The molecule has 0 aliphatic heterocycles. The van der Waals surface area contributed by atoms with Gasteiger partial charge in [0.1, 0.15) is 11.3 Å². The van der Waals surface area contributed by atoms with Crippen molar-refractivity contribution in [1.82, 2.24) is 0 Å². The van der Waals surface area contributed by atoms with Crippen molar-refractivity contribution < 1.29 is 14.1 Å². The molecule has 0 spiro atoms. The van der Waals surface area contributed by atoms with Crippen LogP contribution >= 0.6 is 0 Å². The van der Waals surface area contributed by atoms with Crippen molar-refractivity contribution in [3.05, 3.63) is 103 Å². The Hall–Kier alpha value is -4.54. The summed E-state index contributed by atoms with van der Waals surface area (Å²) in [5.41, 5.74) is 3.71. The van der Waals surface area contributed by atoms with Crippen LogP contribution in [0.25, 0.3) is 76.2 Å². The van der Waals surface area contributed by atoms with Crippen LogP contribution in [0.15, 0.2) is 108 Å². The maximum Gasteiger partial charge on any atom is 0.504 e. The highest BCUT2D eigenvalue weighted by molar-refractivity contribution is 6.25. The molecular weight excluding hydrogens is 443 g/mol. The highest BCUT2D eigenvalue weighted by Gasteiger charge is 2.17. The Morgan fingerprint density at radius 1 is 0.556 bits per heavy atom. The fraction of sp³-hybridized carbons (Fsp3) is 0. The first-order valence-corrected chi connectivity index (χ1v) is 12.1. The molecule has 0 atom stereocenters. The van der Waals surface area contributed by atoms with Crippen LogP contribution in [0.5, 0.6) is 5.75 Å². The fourth-order valence-corrected chi connectivity index (χ4v) is 5.87. The molecule has 0 amide bonds. The number of hydrogen-bond donors (Lipinski definition) is 1. The lowest BCUT2D eigenvalue weighted by atomic mass is 9.91. The minimum absolute atomic E-state index is 0.403. The molecule has 8 rings (SSSR count). The maximum absolute atomic E-state index is 9.46. The van der Waals surface area contributed by atoms with Gasteiger partial charge in [0.25, 0.3) is 0 Å². The molecule has 0 aliphatic rings. The van der Waals surface area contributed by atoms with Gasteiger partial charge < -0.3 is 14.1 Å². The first kappa shape index (κ1) is 19.7. The van der Waals surface area contributed by atoms with Gasteiger partial charge in [-0.1, -0.05) is 72.8 Å². The highest BCUT2D eigenvalue weighted by Crippen LogP contribution is 2.42. The number of benzene rings is 7. The summed E-state index contributed by atoms with van der Waals surface area (Å²) in [5.74, 6) is 0.548. The van der Waals surface area contributed by atoms with Gasteiger partial charge in [0.15, 0.2) is 5.58 Å². The first-order chi connectivity index (χ1) is 17.8.